The van der Waals surface area contributed by atoms with Crippen LogP contribution in [0.4, 0.5) is 0 Å². The fourth-order valence-electron chi connectivity index (χ4n) is 1.80. The molecule has 5 nitrogen and oxygen atoms in total. The van der Waals surface area contributed by atoms with E-state index in [0.29, 0.717) is 18.1 Å². The number of benzene rings is 1. The number of hydrogen-bond acceptors (Lipinski definition) is 5. The molecule has 1 N–H and O–H groups in total. The number of nitrogens with zero attached hydrogens (tertiary/aromatic N) is 3. The Morgan fingerprint density at radius 2 is 2.09 bits per heavy atom. The number of carbonyl (C=O) groups excluding carboxylic acids is 1. The summed E-state index contributed by atoms with van der Waals surface area (Å²) < 4.78 is 0. The Labute approximate surface area is 133 Å². The van der Waals surface area contributed by atoms with Gasteiger partial charge in [0, 0.05) is 17.8 Å². The normalized spacial score (nSPS) is 10.0. The molecule has 0 atom stereocenters. The zero-order valence-electron chi connectivity index (χ0n) is 12.2. The first-order valence-corrected chi connectivity index (χ1v) is 7.85. The van der Waals surface area contributed by atoms with Gasteiger partial charge in [-0.05, 0) is 13.0 Å². The molecule has 6 heteroatoms. The van der Waals surface area contributed by atoms with Crippen molar-refractivity contribution in [2.24, 2.45) is 0 Å². The minimum Gasteiger partial charge on any atom is -0.354 e. The first kappa shape index (κ1) is 16.0. The van der Waals surface area contributed by atoms with E-state index in [-0.39, 0.29) is 11.7 Å². The smallest absolute Gasteiger partial charge is 0.230 e. The van der Waals surface area contributed by atoms with Crippen molar-refractivity contribution in [2.75, 3.05) is 12.3 Å². The Morgan fingerprint density at radius 1 is 1.32 bits per heavy atom. The number of nitriles is 1. The van der Waals surface area contributed by atoms with Crippen LogP contribution in [0.3, 0.4) is 0 Å². The molecule has 0 saturated carbocycles. The van der Waals surface area contributed by atoms with Crippen molar-refractivity contribution in [2.45, 2.75) is 18.5 Å². The van der Waals surface area contributed by atoms with Gasteiger partial charge in [0.1, 0.15) is 0 Å². The highest BCUT2D eigenvalue weighted by Gasteiger charge is 2.08. The highest BCUT2D eigenvalue weighted by Crippen LogP contribution is 2.21. The number of rotatable bonds is 6. The van der Waals surface area contributed by atoms with E-state index in [0.717, 1.165) is 17.0 Å². The van der Waals surface area contributed by atoms with E-state index in [1.54, 1.807) is 0 Å². The second-order valence-corrected chi connectivity index (χ2v) is 5.53. The Kier molecular flexibility index (Phi) is 5.92. The van der Waals surface area contributed by atoms with E-state index in [1.807, 2.05) is 49.4 Å². The van der Waals surface area contributed by atoms with Gasteiger partial charge in [-0.1, -0.05) is 42.1 Å². The Bertz CT molecular complexity index is 682. The first-order chi connectivity index (χ1) is 10.7. The minimum atomic E-state index is -0.119. The molecule has 2 aromatic rings. The van der Waals surface area contributed by atoms with Gasteiger partial charge in [-0.2, -0.15) is 5.26 Å². The van der Waals surface area contributed by atoms with Gasteiger partial charge in [0.05, 0.1) is 23.9 Å². The summed E-state index contributed by atoms with van der Waals surface area (Å²) in [7, 11) is 0. The average Bonchev–Trinajstić information content (AvgIpc) is 2.53. The van der Waals surface area contributed by atoms with Crippen LogP contribution in [0.25, 0.3) is 11.3 Å². The Balaban J connectivity index is 2.02. The third-order valence-electron chi connectivity index (χ3n) is 2.79. The van der Waals surface area contributed by atoms with Gasteiger partial charge in [-0.15, -0.1) is 0 Å². The number of aromatic nitrogens is 2. The molecule has 0 aliphatic rings. The molecule has 0 radical (unpaired) electrons. The zero-order chi connectivity index (χ0) is 15.8. The number of carbonyl (C=O) groups is 1. The van der Waals surface area contributed by atoms with Crippen molar-refractivity contribution in [1.29, 1.82) is 5.26 Å². The van der Waals surface area contributed by atoms with Gasteiger partial charge in [0.2, 0.25) is 5.91 Å². The fourth-order valence-corrected chi connectivity index (χ4v) is 2.54. The third kappa shape index (κ3) is 4.86. The second-order valence-electron chi connectivity index (χ2n) is 4.59. The molecule has 22 heavy (non-hydrogen) atoms. The van der Waals surface area contributed by atoms with Crippen molar-refractivity contribution in [3.8, 4) is 17.3 Å². The van der Waals surface area contributed by atoms with E-state index in [4.69, 9.17) is 5.26 Å². The summed E-state index contributed by atoms with van der Waals surface area (Å²) in [6.07, 6.45) is 0.315. The summed E-state index contributed by atoms with van der Waals surface area (Å²) in [6, 6.07) is 13.8. The van der Waals surface area contributed by atoms with Crippen LogP contribution in [0.1, 0.15) is 12.1 Å². The molecular formula is C16H16N4OS. The molecule has 2 rings (SSSR count). The summed E-state index contributed by atoms with van der Waals surface area (Å²) in [4.78, 5) is 20.5. The molecule has 1 heterocycles. The van der Waals surface area contributed by atoms with Gasteiger partial charge in [-0.3, -0.25) is 4.79 Å². The number of hydrogen-bond donors (Lipinski definition) is 1. The third-order valence-corrected chi connectivity index (χ3v) is 3.64. The van der Waals surface area contributed by atoms with Crippen molar-refractivity contribution in [1.82, 2.24) is 15.3 Å². The summed E-state index contributed by atoms with van der Waals surface area (Å²) >= 11 is 1.29. The maximum Gasteiger partial charge on any atom is 0.230 e. The van der Waals surface area contributed by atoms with Crippen LogP contribution in [0.5, 0.6) is 0 Å². The molecule has 1 aromatic carbocycles. The van der Waals surface area contributed by atoms with Crippen LogP contribution in [0, 0.1) is 18.3 Å². The largest absolute Gasteiger partial charge is 0.354 e. The van der Waals surface area contributed by atoms with Crippen LogP contribution >= 0.6 is 11.8 Å². The van der Waals surface area contributed by atoms with Crippen LogP contribution in [-0.4, -0.2) is 28.2 Å². The molecule has 1 amide bonds. The predicted molar refractivity (Wildman–Crippen MR) is 86.2 cm³/mol. The van der Waals surface area contributed by atoms with Crippen molar-refractivity contribution >= 4 is 17.7 Å². The molecule has 0 aliphatic carbocycles. The van der Waals surface area contributed by atoms with E-state index < -0.39 is 0 Å². The lowest BCUT2D eigenvalue weighted by Crippen LogP contribution is -2.25. The molecule has 0 aliphatic heterocycles. The van der Waals surface area contributed by atoms with Gasteiger partial charge < -0.3 is 5.32 Å². The Morgan fingerprint density at radius 3 is 2.82 bits per heavy atom. The molecule has 0 fully saturated rings. The SMILES string of the molecule is Cc1cc(-c2ccccc2)nc(SCC(=O)NCCC#N)n1. The number of nitrogens with one attached hydrogen (secondary N) is 1. The maximum absolute atomic E-state index is 11.6. The average molecular weight is 312 g/mol. The highest BCUT2D eigenvalue weighted by atomic mass is 32.2. The molecule has 0 unspecified atom stereocenters. The van der Waals surface area contributed by atoms with Gasteiger partial charge in [0.25, 0.3) is 0 Å². The molecule has 0 bridgehead atoms. The van der Waals surface area contributed by atoms with Crippen molar-refractivity contribution in [3.63, 3.8) is 0 Å². The monoisotopic (exact) mass is 312 g/mol. The van der Waals surface area contributed by atoms with Gasteiger partial charge >= 0.3 is 0 Å². The lowest BCUT2D eigenvalue weighted by Gasteiger charge is -2.06. The predicted octanol–water partition coefficient (Wildman–Crippen LogP) is 2.57. The Hall–Kier alpha value is -2.39. The summed E-state index contributed by atoms with van der Waals surface area (Å²) in [5.41, 5.74) is 2.73. The van der Waals surface area contributed by atoms with Crippen LogP contribution in [-0.2, 0) is 4.79 Å². The zero-order valence-corrected chi connectivity index (χ0v) is 13.1. The van der Waals surface area contributed by atoms with Crippen LogP contribution in [0.15, 0.2) is 41.6 Å². The molecule has 0 saturated heterocycles. The minimum absolute atomic E-state index is 0.119. The number of thioether (sulfide) groups is 1. The second kappa shape index (κ2) is 8.15. The molecule has 1 aromatic heterocycles. The van der Waals surface area contributed by atoms with E-state index in [2.05, 4.69) is 15.3 Å². The van der Waals surface area contributed by atoms with Crippen LogP contribution in [0.2, 0.25) is 0 Å². The summed E-state index contributed by atoms with van der Waals surface area (Å²) in [6.45, 7) is 2.28. The fraction of sp³-hybridized carbons (Fsp3) is 0.250. The van der Waals surface area contributed by atoms with E-state index >= 15 is 0 Å². The first-order valence-electron chi connectivity index (χ1n) is 6.86. The highest BCUT2D eigenvalue weighted by molar-refractivity contribution is 7.99. The maximum atomic E-state index is 11.6. The van der Waals surface area contributed by atoms with Gasteiger partial charge in [0.15, 0.2) is 5.16 Å². The van der Waals surface area contributed by atoms with Crippen LogP contribution < -0.4 is 5.32 Å². The number of amides is 1. The lowest BCUT2D eigenvalue weighted by atomic mass is 10.1. The quantitative estimate of drug-likeness (QED) is 0.504. The van der Waals surface area contributed by atoms with E-state index in [9.17, 15) is 4.79 Å². The summed E-state index contributed by atoms with van der Waals surface area (Å²) in [5, 5.41) is 11.7. The van der Waals surface area contributed by atoms with Crippen molar-refractivity contribution in [3.05, 3.63) is 42.1 Å². The van der Waals surface area contributed by atoms with Crippen molar-refractivity contribution < 1.29 is 4.79 Å². The van der Waals surface area contributed by atoms with Gasteiger partial charge in [-0.25, -0.2) is 9.97 Å². The summed E-state index contributed by atoms with van der Waals surface area (Å²) in [5.74, 6) is 0.120. The lowest BCUT2D eigenvalue weighted by molar-refractivity contribution is -0.118. The molecule has 112 valence electrons. The van der Waals surface area contributed by atoms with E-state index in [1.165, 1.54) is 11.8 Å². The molecule has 0 spiro atoms. The molecular weight excluding hydrogens is 296 g/mol. The standard InChI is InChI=1S/C16H16N4OS/c1-12-10-14(13-6-3-2-4-7-13)20-16(19-12)22-11-15(21)18-9-5-8-17/h2-4,6-7,10H,5,9,11H2,1H3,(H,18,21). The topological polar surface area (TPSA) is 78.7 Å². The number of aryl methyl sites for hydroxylation is 1.